The topological polar surface area (TPSA) is 171 Å². The minimum absolute atomic E-state index is 0.0359. The van der Waals surface area contributed by atoms with Crippen molar-refractivity contribution in [3.8, 4) is 17.2 Å². The molecule has 3 aliphatic rings. The lowest BCUT2D eigenvalue weighted by Crippen LogP contribution is -2.36. The minimum Gasteiger partial charge on any atom is -0.507 e. The third-order valence-corrected chi connectivity index (χ3v) is 8.37. The zero-order chi connectivity index (χ0) is 29.5. The van der Waals surface area contributed by atoms with Gasteiger partial charge in [0, 0.05) is 22.7 Å². The highest BCUT2D eigenvalue weighted by molar-refractivity contribution is 6.41. The molecule has 2 aromatic carbocycles. The van der Waals surface area contributed by atoms with Gasteiger partial charge in [-0.3, -0.25) is 24.0 Å². The summed E-state index contributed by atoms with van der Waals surface area (Å²) in [5, 5.41) is 33.7. The fourth-order valence-corrected chi connectivity index (χ4v) is 6.50. The number of carbonyl (C=O) groups excluding carboxylic acids is 4. The normalized spacial score (nSPS) is 19.5. The average molecular weight is 574 g/mol. The lowest BCUT2D eigenvalue weighted by molar-refractivity contribution is 0.0790. The molecule has 0 fully saturated rings. The third-order valence-electron chi connectivity index (χ3n) is 7.94. The first kappa shape index (κ1) is 26.3. The number of aromatic amines is 1. The van der Waals surface area contributed by atoms with Crippen molar-refractivity contribution in [3.05, 3.63) is 90.6 Å². The van der Waals surface area contributed by atoms with Gasteiger partial charge in [0.05, 0.1) is 39.8 Å². The molecule has 1 aromatic heterocycles. The first-order chi connectivity index (χ1) is 19.5. The highest BCUT2D eigenvalue weighted by Crippen LogP contribution is 2.58. The number of pyridine rings is 1. The van der Waals surface area contributed by atoms with E-state index in [-0.39, 0.29) is 39.8 Å². The maximum absolute atomic E-state index is 14.1. The number of fused-ring (bicyclic) bond motifs is 5. The van der Waals surface area contributed by atoms with Crippen LogP contribution < -0.4 is 5.56 Å². The molecule has 0 aliphatic heterocycles. The van der Waals surface area contributed by atoms with Crippen molar-refractivity contribution in [2.24, 2.45) is 0 Å². The molecule has 206 valence electrons. The summed E-state index contributed by atoms with van der Waals surface area (Å²) in [7, 11) is 1.13. The van der Waals surface area contributed by atoms with Crippen molar-refractivity contribution < 1.29 is 39.2 Å². The predicted molar refractivity (Wildman–Crippen MR) is 147 cm³/mol. The summed E-state index contributed by atoms with van der Waals surface area (Å²) in [5.74, 6) is -6.85. The highest BCUT2D eigenvalue weighted by Gasteiger charge is 2.62. The SMILES string of the molecule is C/C=C/C=C/c1cc2c(Cl)c3c(c(O)c2c(=O)[nH]1)[C@@]1(CC3)C(=O)c2c(O)c3c(c(O)c2C1=O)C(=O)C(OC)=CC3=O. The Morgan fingerprint density at radius 1 is 0.951 bits per heavy atom. The van der Waals surface area contributed by atoms with Gasteiger partial charge in [-0.2, -0.15) is 0 Å². The molecule has 41 heavy (non-hydrogen) atoms. The summed E-state index contributed by atoms with van der Waals surface area (Å²) in [6, 6.07) is 1.56. The van der Waals surface area contributed by atoms with Gasteiger partial charge < -0.3 is 25.0 Å². The van der Waals surface area contributed by atoms with Crippen LogP contribution in [0, 0.1) is 0 Å². The van der Waals surface area contributed by atoms with Gasteiger partial charge in [0.25, 0.3) is 5.56 Å². The second-order valence-corrected chi connectivity index (χ2v) is 10.3. The van der Waals surface area contributed by atoms with Gasteiger partial charge in [0.2, 0.25) is 5.78 Å². The molecule has 0 saturated heterocycles. The number of nitrogens with one attached hydrogen (secondary N) is 1. The number of ketones is 4. The number of benzene rings is 2. The van der Waals surface area contributed by atoms with Crippen LogP contribution in [0.5, 0.6) is 17.2 Å². The Kier molecular flexibility index (Phi) is 5.62. The maximum atomic E-state index is 14.1. The summed E-state index contributed by atoms with van der Waals surface area (Å²) in [6.07, 6.45) is 7.50. The number of Topliss-reactive ketones (excluding diaryl/α,β-unsaturated/α-hetero) is 3. The van der Waals surface area contributed by atoms with Gasteiger partial charge in [-0.25, -0.2) is 0 Å². The second-order valence-electron chi connectivity index (χ2n) is 9.91. The number of aromatic nitrogens is 1. The Morgan fingerprint density at radius 3 is 2.24 bits per heavy atom. The summed E-state index contributed by atoms with van der Waals surface area (Å²) in [4.78, 5) is 69.6. The molecule has 0 radical (unpaired) electrons. The number of phenolic OH excluding ortho intramolecular Hbond substituents is 3. The zero-order valence-electron chi connectivity index (χ0n) is 21.5. The fraction of sp³-hybridized carbons (Fsp3) is 0.167. The van der Waals surface area contributed by atoms with Gasteiger partial charge in [-0.1, -0.05) is 29.8 Å². The van der Waals surface area contributed by atoms with Gasteiger partial charge >= 0.3 is 0 Å². The summed E-state index contributed by atoms with van der Waals surface area (Å²) in [5.41, 5.74) is -5.08. The molecule has 1 heterocycles. The van der Waals surface area contributed by atoms with Crippen LogP contribution in [0.4, 0.5) is 0 Å². The van der Waals surface area contributed by atoms with E-state index in [9.17, 15) is 39.3 Å². The van der Waals surface area contributed by atoms with Crippen LogP contribution in [-0.2, 0) is 16.6 Å². The number of methoxy groups -OCH3 is 1. The summed E-state index contributed by atoms with van der Waals surface area (Å²) >= 11 is 6.74. The van der Waals surface area contributed by atoms with Crippen LogP contribution >= 0.6 is 11.6 Å². The van der Waals surface area contributed by atoms with Crippen molar-refractivity contribution in [1.82, 2.24) is 4.98 Å². The minimum atomic E-state index is -2.17. The number of hydrogen-bond donors (Lipinski definition) is 4. The predicted octanol–water partition coefficient (Wildman–Crippen LogP) is 4.06. The first-order valence-corrected chi connectivity index (χ1v) is 12.8. The van der Waals surface area contributed by atoms with E-state index in [1.807, 2.05) is 6.92 Å². The van der Waals surface area contributed by atoms with Crippen LogP contribution in [0.15, 0.2) is 40.9 Å². The lowest BCUT2D eigenvalue weighted by Gasteiger charge is -2.23. The molecule has 1 atom stereocenters. The molecule has 0 bridgehead atoms. The molecular formula is C30H20ClNO9. The smallest absolute Gasteiger partial charge is 0.260 e. The lowest BCUT2D eigenvalue weighted by atomic mass is 9.76. The van der Waals surface area contributed by atoms with Crippen molar-refractivity contribution in [2.75, 3.05) is 7.11 Å². The maximum Gasteiger partial charge on any atom is 0.260 e. The number of ether oxygens (including phenoxy) is 1. The number of halogens is 1. The van der Waals surface area contributed by atoms with E-state index < -0.39 is 79.4 Å². The van der Waals surface area contributed by atoms with Gasteiger partial charge in [-0.15, -0.1) is 0 Å². The van der Waals surface area contributed by atoms with Crippen molar-refractivity contribution in [3.63, 3.8) is 0 Å². The van der Waals surface area contributed by atoms with Crippen LogP contribution in [0.2, 0.25) is 5.02 Å². The number of carbonyl (C=O) groups is 4. The molecule has 11 heteroatoms. The Bertz CT molecular complexity index is 1980. The number of allylic oxidation sites excluding steroid dienone is 5. The molecule has 6 rings (SSSR count). The van der Waals surface area contributed by atoms with E-state index in [2.05, 4.69) is 4.98 Å². The molecule has 10 nitrogen and oxygen atoms in total. The Labute approximate surface area is 235 Å². The first-order valence-electron chi connectivity index (χ1n) is 12.5. The number of phenols is 3. The largest absolute Gasteiger partial charge is 0.507 e. The van der Waals surface area contributed by atoms with Crippen molar-refractivity contribution in [2.45, 2.75) is 25.2 Å². The average Bonchev–Trinajstić information content (AvgIpc) is 3.45. The fourth-order valence-electron chi connectivity index (χ4n) is 6.16. The zero-order valence-corrected chi connectivity index (χ0v) is 22.3. The van der Waals surface area contributed by atoms with Crippen molar-refractivity contribution in [1.29, 1.82) is 0 Å². The standard InChI is InChI=1S/C30H20ClNO9/c1-3-4-5-6-11-9-13-16(29(40)32-11)26(37)21-12(22(13)31)7-8-30(21)27(38)19-20(28(30)39)25(36)18-17(24(19)35)14(33)10-15(41-2)23(18)34/h3-6,9-10,35-37H,7-8H2,1-2H3,(H,32,40)/b4-3+,6-5+/t30-/m0/s1. The molecule has 3 aliphatic carbocycles. The Morgan fingerprint density at radius 2 is 1.61 bits per heavy atom. The molecular weight excluding hydrogens is 554 g/mol. The number of rotatable bonds is 3. The van der Waals surface area contributed by atoms with Crippen LogP contribution in [-0.4, -0.2) is 50.5 Å². The molecule has 0 unspecified atom stereocenters. The molecule has 4 N–H and O–H groups in total. The van der Waals surface area contributed by atoms with E-state index in [0.29, 0.717) is 5.69 Å². The number of H-pyrrole nitrogens is 1. The van der Waals surface area contributed by atoms with Gasteiger partial charge in [0.1, 0.15) is 22.7 Å². The van der Waals surface area contributed by atoms with Crippen LogP contribution in [0.25, 0.3) is 16.8 Å². The summed E-state index contributed by atoms with van der Waals surface area (Å²) < 4.78 is 4.91. The van der Waals surface area contributed by atoms with Crippen molar-refractivity contribution >= 4 is 51.6 Å². The quantitative estimate of drug-likeness (QED) is 0.205. The van der Waals surface area contributed by atoms with E-state index in [1.165, 1.54) is 0 Å². The molecule has 0 amide bonds. The molecule has 3 aromatic rings. The summed E-state index contributed by atoms with van der Waals surface area (Å²) in [6.45, 7) is 1.82. The van der Waals surface area contributed by atoms with E-state index in [4.69, 9.17) is 16.3 Å². The van der Waals surface area contributed by atoms with E-state index in [1.54, 1.807) is 30.4 Å². The number of hydrogen-bond acceptors (Lipinski definition) is 9. The molecule has 0 saturated carbocycles. The van der Waals surface area contributed by atoms with Crippen LogP contribution in [0.1, 0.15) is 71.6 Å². The highest BCUT2D eigenvalue weighted by atomic mass is 35.5. The van der Waals surface area contributed by atoms with Gasteiger partial charge in [0.15, 0.2) is 23.1 Å². The van der Waals surface area contributed by atoms with Crippen LogP contribution in [0.3, 0.4) is 0 Å². The second kappa shape index (κ2) is 8.77. The van der Waals surface area contributed by atoms with E-state index in [0.717, 1.165) is 13.2 Å². The monoisotopic (exact) mass is 573 g/mol. The third kappa shape index (κ3) is 3.16. The Hall–Kier alpha value is -4.96. The molecule has 1 spiro atoms. The van der Waals surface area contributed by atoms with Gasteiger partial charge in [-0.05, 0) is 37.5 Å². The van der Waals surface area contributed by atoms with E-state index >= 15 is 0 Å². The number of aromatic hydroxyl groups is 3. The Balaban J connectivity index is 1.62.